The molecule has 0 atom stereocenters. The predicted octanol–water partition coefficient (Wildman–Crippen LogP) is -0.682. The van der Waals surface area contributed by atoms with Gasteiger partial charge in [0.15, 0.2) is 0 Å². The van der Waals surface area contributed by atoms with E-state index in [1.165, 1.54) is 13.4 Å². The van der Waals surface area contributed by atoms with Gasteiger partial charge in [0.2, 0.25) is 5.88 Å². The van der Waals surface area contributed by atoms with Crippen molar-refractivity contribution in [1.29, 1.82) is 0 Å². The van der Waals surface area contributed by atoms with Crippen molar-refractivity contribution in [2.24, 2.45) is 0 Å². The Morgan fingerprint density at radius 3 is 2.73 bits per heavy atom. The average molecular weight is 204 g/mol. The van der Waals surface area contributed by atoms with Gasteiger partial charge < -0.3 is 14.8 Å². The predicted molar refractivity (Wildman–Crippen MR) is 55.9 cm³/mol. The Bertz CT molecular complexity index is 490. The highest BCUT2D eigenvalue weighted by molar-refractivity contribution is 6.58. The zero-order valence-electron chi connectivity index (χ0n) is 8.08. The number of benzene rings is 1. The fraction of sp³-hybridized carbons (Fsp3) is 0.111. The van der Waals surface area contributed by atoms with Gasteiger partial charge in [0, 0.05) is 0 Å². The minimum atomic E-state index is -1.49. The van der Waals surface area contributed by atoms with Crippen molar-refractivity contribution in [3.8, 4) is 5.88 Å². The third-order valence-corrected chi connectivity index (χ3v) is 2.12. The minimum absolute atomic E-state index is 0.392. The lowest BCUT2D eigenvalue weighted by molar-refractivity contribution is 0.402. The van der Waals surface area contributed by atoms with Gasteiger partial charge in [-0.05, 0) is 17.6 Å². The molecule has 0 spiro atoms. The molecule has 2 aromatic rings. The Morgan fingerprint density at radius 2 is 2.07 bits per heavy atom. The van der Waals surface area contributed by atoms with E-state index in [9.17, 15) is 0 Å². The second-order valence-electron chi connectivity index (χ2n) is 3.03. The van der Waals surface area contributed by atoms with Gasteiger partial charge in [0.05, 0.1) is 18.0 Å². The lowest BCUT2D eigenvalue weighted by Gasteiger charge is -2.04. The van der Waals surface area contributed by atoms with Crippen LogP contribution in [0.2, 0.25) is 0 Å². The maximum Gasteiger partial charge on any atom is 0.488 e. The van der Waals surface area contributed by atoms with Crippen LogP contribution in [-0.4, -0.2) is 34.2 Å². The zero-order valence-corrected chi connectivity index (χ0v) is 8.08. The minimum Gasteiger partial charge on any atom is -0.480 e. The van der Waals surface area contributed by atoms with E-state index in [0.29, 0.717) is 16.9 Å². The molecule has 0 aliphatic heterocycles. The van der Waals surface area contributed by atoms with Crippen LogP contribution in [0.5, 0.6) is 5.88 Å². The molecule has 0 fully saturated rings. The molecule has 0 saturated heterocycles. The highest BCUT2D eigenvalue weighted by Gasteiger charge is 2.12. The first-order valence-electron chi connectivity index (χ1n) is 4.37. The van der Waals surface area contributed by atoms with Crippen molar-refractivity contribution in [2.45, 2.75) is 0 Å². The molecule has 2 rings (SSSR count). The van der Waals surface area contributed by atoms with Gasteiger partial charge in [0.1, 0.15) is 6.33 Å². The molecule has 0 aliphatic carbocycles. The summed E-state index contributed by atoms with van der Waals surface area (Å²) in [6.45, 7) is 0. The molecule has 1 heterocycles. The lowest BCUT2D eigenvalue weighted by Crippen LogP contribution is -2.29. The van der Waals surface area contributed by atoms with Crippen LogP contribution in [0.3, 0.4) is 0 Å². The van der Waals surface area contributed by atoms with Gasteiger partial charge in [-0.1, -0.05) is 6.07 Å². The van der Waals surface area contributed by atoms with Gasteiger partial charge in [-0.25, -0.2) is 9.97 Å². The van der Waals surface area contributed by atoms with Gasteiger partial charge in [-0.3, -0.25) is 0 Å². The molecule has 0 saturated carbocycles. The van der Waals surface area contributed by atoms with E-state index in [2.05, 4.69) is 9.97 Å². The Kier molecular flexibility index (Phi) is 2.53. The van der Waals surface area contributed by atoms with Crippen LogP contribution in [0.4, 0.5) is 0 Å². The van der Waals surface area contributed by atoms with Crippen LogP contribution < -0.4 is 10.2 Å². The summed E-state index contributed by atoms with van der Waals surface area (Å²) in [7, 11) is 0.0340. The Labute approximate surface area is 86.5 Å². The van der Waals surface area contributed by atoms with E-state index in [-0.39, 0.29) is 0 Å². The third-order valence-electron chi connectivity index (χ3n) is 2.12. The lowest BCUT2D eigenvalue weighted by atomic mass is 9.80. The Morgan fingerprint density at radius 1 is 1.27 bits per heavy atom. The maximum atomic E-state index is 8.99. The van der Waals surface area contributed by atoms with E-state index in [1.807, 2.05) is 0 Å². The summed E-state index contributed by atoms with van der Waals surface area (Å²) in [6.07, 6.45) is 1.37. The zero-order chi connectivity index (χ0) is 10.8. The Hall–Kier alpha value is -1.66. The van der Waals surface area contributed by atoms with E-state index >= 15 is 0 Å². The number of fused-ring (bicyclic) bond motifs is 1. The molecule has 5 nitrogen and oxygen atoms in total. The van der Waals surface area contributed by atoms with Gasteiger partial charge in [0.25, 0.3) is 0 Å². The molecule has 15 heavy (non-hydrogen) atoms. The van der Waals surface area contributed by atoms with Crippen LogP contribution in [0, 0.1) is 0 Å². The highest BCUT2D eigenvalue weighted by atomic mass is 16.5. The van der Waals surface area contributed by atoms with E-state index < -0.39 is 7.12 Å². The summed E-state index contributed by atoms with van der Waals surface area (Å²) in [5, 5.41) is 18.7. The first-order valence-corrected chi connectivity index (χ1v) is 4.37. The summed E-state index contributed by atoms with van der Waals surface area (Å²) in [6, 6.07) is 4.88. The van der Waals surface area contributed by atoms with Crippen LogP contribution in [0.1, 0.15) is 0 Å². The normalized spacial score (nSPS) is 10.3. The molecular formula is C9H9BN2O3. The monoisotopic (exact) mass is 204 g/mol. The van der Waals surface area contributed by atoms with E-state index in [4.69, 9.17) is 14.8 Å². The topological polar surface area (TPSA) is 75.5 Å². The number of rotatable bonds is 2. The van der Waals surface area contributed by atoms with E-state index in [0.717, 1.165) is 5.39 Å². The SMILES string of the molecule is COc1ncnc2cc(B(O)O)ccc12. The van der Waals surface area contributed by atoms with Crippen molar-refractivity contribution in [3.05, 3.63) is 24.5 Å². The van der Waals surface area contributed by atoms with Crippen LogP contribution >= 0.6 is 0 Å². The largest absolute Gasteiger partial charge is 0.488 e. The summed E-state index contributed by atoms with van der Waals surface area (Å²) in [4.78, 5) is 7.96. The molecule has 6 heteroatoms. The number of hydrogen-bond donors (Lipinski definition) is 2. The molecule has 0 bridgehead atoms. The molecule has 0 unspecified atom stereocenters. The fourth-order valence-electron chi connectivity index (χ4n) is 1.37. The highest BCUT2D eigenvalue weighted by Crippen LogP contribution is 2.19. The van der Waals surface area contributed by atoms with Crippen molar-refractivity contribution in [3.63, 3.8) is 0 Å². The quantitative estimate of drug-likeness (QED) is 0.633. The summed E-state index contributed by atoms with van der Waals surface area (Å²) in [5.41, 5.74) is 1.01. The number of methoxy groups -OCH3 is 1. The molecule has 0 aliphatic rings. The molecule has 1 aromatic heterocycles. The van der Waals surface area contributed by atoms with Crippen molar-refractivity contribution < 1.29 is 14.8 Å². The molecule has 1 aromatic carbocycles. The standard InChI is InChI=1S/C9H9BN2O3/c1-15-9-7-3-2-6(10(13)14)4-8(7)11-5-12-9/h2-5,13-14H,1H3. The molecule has 76 valence electrons. The van der Waals surface area contributed by atoms with E-state index in [1.54, 1.807) is 18.2 Å². The van der Waals surface area contributed by atoms with Crippen LogP contribution in [0.25, 0.3) is 10.9 Å². The van der Waals surface area contributed by atoms with Crippen LogP contribution in [-0.2, 0) is 0 Å². The van der Waals surface area contributed by atoms with Crippen molar-refractivity contribution in [2.75, 3.05) is 7.11 Å². The van der Waals surface area contributed by atoms with Gasteiger partial charge in [-0.15, -0.1) is 0 Å². The van der Waals surface area contributed by atoms with Crippen molar-refractivity contribution in [1.82, 2.24) is 9.97 Å². The van der Waals surface area contributed by atoms with Crippen LogP contribution in [0.15, 0.2) is 24.5 Å². The molecule has 0 amide bonds. The van der Waals surface area contributed by atoms with Gasteiger partial charge >= 0.3 is 7.12 Å². The number of nitrogens with zero attached hydrogens (tertiary/aromatic N) is 2. The third kappa shape index (κ3) is 1.77. The summed E-state index contributed by atoms with van der Waals surface area (Å²) in [5.74, 6) is 0.471. The summed E-state index contributed by atoms with van der Waals surface area (Å²) >= 11 is 0. The van der Waals surface area contributed by atoms with Crippen molar-refractivity contribution >= 4 is 23.5 Å². The first kappa shape index (κ1) is 9.88. The average Bonchev–Trinajstić information content (AvgIpc) is 2.27. The molecule has 0 radical (unpaired) electrons. The first-order chi connectivity index (χ1) is 7.22. The Balaban J connectivity index is 2.63. The molecular weight excluding hydrogens is 195 g/mol. The number of hydrogen-bond acceptors (Lipinski definition) is 5. The smallest absolute Gasteiger partial charge is 0.480 e. The maximum absolute atomic E-state index is 8.99. The number of aromatic nitrogens is 2. The number of ether oxygens (including phenoxy) is 1. The second-order valence-corrected chi connectivity index (χ2v) is 3.03. The fourth-order valence-corrected chi connectivity index (χ4v) is 1.37. The second kappa shape index (κ2) is 3.84. The van der Waals surface area contributed by atoms with Gasteiger partial charge in [-0.2, -0.15) is 0 Å². The summed E-state index contributed by atoms with van der Waals surface area (Å²) < 4.78 is 5.05. The molecule has 2 N–H and O–H groups in total.